The third-order valence-electron chi connectivity index (χ3n) is 8.01. The van der Waals surface area contributed by atoms with Crippen LogP contribution in [0.5, 0.6) is 0 Å². The summed E-state index contributed by atoms with van der Waals surface area (Å²) in [4.78, 5) is 24.3. The van der Waals surface area contributed by atoms with Crippen molar-refractivity contribution in [1.29, 1.82) is 5.41 Å². The Bertz CT molecular complexity index is 1680. The standard InChI is InChI=1S/C33H41N5O2/c1-9-21-18(6)26(36-28(21)14-25(34)31(39)12-4)15-27-19(7)22(10-2)29(37-27)16-30-23(11-3)20(8)33(38-30)24-17-35-40-32(24)13-5/h14-17,34,36-37H,9-13H2,1-8H3/b26-15-,28-14-,30-16?,34-25?. The lowest BCUT2D eigenvalue weighted by molar-refractivity contribution is -0.112. The summed E-state index contributed by atoms with van der Waals surface area (Å²) in [6, 6.07) is 0. The van der Waals surface area contributed by atoms with Crippen LogP contribution in [0.4, 0.5) is 0 Å². The van der Waals surface area contributed by atoms with Crippen LogP contribution in [0.1, 0.15) is 99.3 Å². The van der Waals surface area contributed by atoms with E-state index in [1.165, 1.54) is 22.3 Å². The first kappa shape index (κ1) is 29.0. The highest BCUT2D eigenvalue weighted by atomic mass is 16.5. The van der Waals surface area contributed by atoms with E-state index in [9.17, 15) is 4.79 Å². The second-order valence-corrected chi connectivity index (χ2v) is 10.3. The van der Waals surface area contributed by atoms with Gasteiger partial charge in [0.25, 0.3) is 0 Å². The van der Waals surface area contributed by atoms with Gasteiger partial charge in [-0.2, -0.15) is 0 Å². The molecule has 0 unspecified atom stereocenters. The predicted molar refractivity (Wildman–Crippen MR) is 164 cm³/mol. The Morgan fingerprint density at radius 3 is 2.25 bits per heavy atom. The molecule has 4 rings (SSSR count). The van der Waals surface area contributed by atoms with E-state index in [0.717, 1.165) is 81.6 Å². The second kappa shape index (κ2) is 12.0. The molecule has 0 aromatic carbocycles. The number of aryl methyl sites for hydroxylation is 1. The Kier molecular flexibility index (Phi) is 8.72. The van der Waals surface area contributed by atoms with Gasteiger partial charge in [-0.3, -0.25) is 10.2 Å². The van der Waals surface area contributed by atoms with Crippen LogP contribution in [0.3, 0.4) is 0 Å². The molecule has 0 atom stereocenters. The van der Waals surface area contributed by atoms with Gasteiger partial charge in [0.1, 0.15) is 5.76 Å². The van der Waals surface area contributed by atoms with Crippen LogP contribution >= 0.6 is 0 Å². The number of carbonyl (C=O) groups is 1. The van der Waals surface area contributed by atoms with E-state index >= 15 is 0 Å². The average Bonchev–Trinajstić information content (AvgIpc) is 3.68. The molecule has 3 aromatic rings. The van der Waals surface area contributed by atoms with Gasteiger partial charge >= 0.3 is 0 Å². The van der Waals surface area contributed by atoms with Gasteiger partial charge in [0.2, 0.25) is 0 Å². The summed E-state index contributed by atoms with van der Waals surface area (Å²) in [5.41, 5.74) is 12.1. The predicted octanol–water partition coefficient (Wildman–Crippen LogP) is 5.81. The molecule has 4 heterocycles. The van der Waals surface area contributed by atoms with Crippen molar-refractivity contribution in [3.63, 3.8) is 0 Å². The molecule has 1 aliphatic heterocycles. The number of H-pyrrole nitrogens is 2. The van der Waals surface area contributed by atoms with Crippen molar-refractivity contribution in [2.45, 2.75) is 87.5 Å². The molecule has 0 saturated carbocycles. The Morgan fingerprint density at radius 1 is 0.900 bits per heavy atom. The molecular weight excluding hydrogens is 498 g/mol. The topological polar surface area (TPSA) is 111 Å². The maximum absolute atomic E-state index is 12.0. The smallest absolute Gasteiger partial charge is 0.180 e. The number of hydrogen-bond donors (Lipinski definition) is 3. The Hall–Kier alpha value is -4.00. The summed E-state index contributed by atoms with van der Waals surface area (Å²) < 4.78 is 5.46. The molecule has 1 aliphatic rings. The molecule has 0 radical (unpaired) electrons. The number of rotatable bonds is 10. The molecule has 0 amide bonds. The zero-order valence-electron chi connectivity index (χ0n) is 25.1. The minimum absolute atomic E-state index is 0.0343. The Labute approximate surface area is 236 Å². The molecule has 0 aliphatic carbocycles. The number of allylic oxidation sites excluding steroid dienone is 2. The average molecular weight is 540 g/mol. The number of nitrogens with one attached hydrogen (secondary N) is 3. The van der Waals surface area contributed by atoms with Gasteiger partial charge in [0.15, 0.2) is 5.78 Å². The normalized spacial score (nSPS) is 15.6. The number of Topliss-reactive ketones (excluding diaryl/α,β-unsaturated/α-hetero) is 1. The fraction of sp³-hybridized carbons (Fsp3) is 0.394. The maximum atomic E-state index is 12.0. The van der Waals surface area contributed by atoms with E-state index in [1.54, 1.807) is 19.2 Å². The van der Waals surface area contributed by atoms with Crippen molar-refractivity contribution in [2.24, 2.45) is 4.99 Å². The summed E-state index contributed by atoms with van der Waals surface area (Å²) in [5.74, 6) is 0.698. The second-order valence-electron chi connectivity index (χ2n) is 10.3. The van der Waals surface area contributed by atoms with Crippen LogP contribution in [-0.2, 0) is 24.1 Å². The lowest BCUT2D eigenvalue weighted by atomic mass is 9.98. The van der Waals surface area contributed by atoms with Crippen molar-refractivity contribution in [3.8, 4) is 0 Å². The molecule has 3 N–H and O–H groups in total. The SMILES string of the molecule is CCC(=O)C(=N)/C=c1\[nH]/c(=C\c2[nH]c(C=C3N=C(c4cnoc4CC)C(C)=C3CC)c(CC)c2C)c(C)c1CC. The molecule has 0 spiro atoms. The summed E-state index contributed by atoms with van der Waals surface area (Å²) in [6.45, 7) is 16.7. The summed E-state index contributed by atoms with van der Waals surface area (Å²) in [6.07, 6.45) is 11.4. The van der Waals surface area contributed by atoms with Crippen LogP contribution in [0.25, 0.3) is 18.2 Å². The number of aromatic amines is 2. The highest BCUT2D eigenvalue weighted by Gasteiger charge is 2.25. The van der Waals surface area contributed by atoms with Gasteiger partial charge in [-0.25, -0.2) is 4.99 Å². The van der Waals surface area contributed by atoms with Gasteiger partial charge in [-0.05, 0) is 91.7 Å². The molecule has 7 nitrogen and oxygen atoms in total. The van der Waals surface area contributed by atoms with Gasteiger partial charge in [-0.1, -0.05) is 39.8 Å². The van der Waals surface area contributed by atoms with Crippen LogP contribution in [0, 0.1) is 19.3 Å². The number of nitrogens with zero attached hydrogens (tertiary/aromatic N) is 2. The Balaban J connectivity index is 1.83. The first-order valence-electron chi connectivity index (χ1n) is 14.4. The number of carbonyl (C=O) groups excluding carboxylic acids is 1. The van der Waals surface area contributed by atoms with E-state index in [-0.39, 0.29) is 11.5 Å². The van der Waals surface area contributed by atoms with Crippen molar-refractivity contribution in [2.75, 3.05) is 0 Å². The van der Waals surface area contributed by atoms with E-state index in [1.807, 2.05) is 0 Å². The minimum Gasteiger partial charge on any atom is -0.361 e. The largest absolute Gasteiger partial charge is 0.361 e. The summed E-state index contributed by atoms with van der Waals surface area (Å²) >= 11 is 0. The van der Waals surface area contributed by atoms with Gasteiger partial charge in [0, 0.05) is 34.9 Å². The molecule has 0 saturated heterocycles. The van der Waals surface area contributed by atoms with Crippen LogP contribution in [0.15, 0.2) is 32.6 Å². The fourth-order valence-electron chi connectivity index (χ4n) is 5.65. The fourth-order valence-corrected chi connectivity index (χ4v) is 5.65. The summed E-state index contributed by atoms with van der Waals surface area (Å²) in [5, 5.41) is 14.0. The zero-order valence-corrected chi connectivity index (χ0v) is 25.1. The highest BCUT2D eigenvalue weighted by molar-refractivity contribution is 6.49. The van der Waals surface area contributed by atoms with Crippen molar-refractivity contribution in [3.05, 3.63) is 78.7 Å². The number of aliphatic imine (C=N–C) groups is 1. The van der Waals surface area contributed by atoms with Crippen LogP contribution in [0.2, 0.25) is 0 Å². The zero-order chi connectivity index (χ0) is 29.1. The van der Waals surface area contributed by atoms with Gasteiger partial charge < -0.3 is 14.5 Å². The molecule has 7 heteroatoms. The van der Waals surface area contributed by atoms with Crippen molar-refractivity contribution < 1.29 is 9.32 Å². The minimum atomic E-state index is -0.159. The quantitative estimate of drug-likeness (QED) is 0.283. The maximum Gasteiger partial charge on any atom is 0.180 e. The van der Waals surface area contributed by atoms with Gasteiger partial charge in [-0.15, -0.1) is 0 Å². The molecule has 0 bridgehead atoms. The third-order valence-corrected chi connectivity index (χ3v) is 8.01. The third kappa shape index (κ3) is 5.25. The van der Waals surface area contributed by atoms with Crippen molar-refractivity contribution >= 4 is 35.4 Å². The molecule has 0 fully saturated rings. The molecule has 210 valence electrons. The van der Waals surface area contributed by atoms with Crippen LogP contribution in [-0.4, -0.2) is 32.3 Å². The van der Waals surface area contributed by atoms with E-state index in [0.29, 0.717) is 6.42 Å². The highest BCUT2D eigenvalue weighted by Crippen LogP contribution is 2.34. The summed E-state index contributed by atoms with van der Waals surface area (Å²) in [7, 11) is 0. The molecule has 40 heavy (non-hydrogen) atoms. The number of ketones is 1. The van der Waals surface area contributed by atoms with E-state index in [2.05, 4.69) is 75.7 Å². The monoisotopic (exact) mass is 539 g/mol. The Morgan fingerprint density at radius 2 is 1.62 bits per heavy atom. The number of hydrogen-bond acceptors (Lipinski definition) is 5. The van der Waals surface area contributed by atoms with Crippen LogP contribution < -0.4 is 10.7 Å². The first-order valence-corrected chi connectivity index (χ1v) is 14.4. The van der Waals surface area contributed by atoms with E-state index < -0.39 is 0 Å². The molecular formula is C33H41N5O2. The number of aromatic nitrogens is 3. The van der Waals surface area contributed by atoms with Crippen molar-refractivity contribution in [1.82, 2.24) is 15.1 Å². The van der Waals surface area contributed by atoms with Gasteiger partial charge in [0.05, 0.1) is 28.9 Å². The van der Waals surface area contributed by atoms with E-state index in [4.69, 9.17) is 14.9 Å². The lowest BCUT2D eigenvalue weighted by Gasteiger charge is -2.03. The first-order chi connectivity index (χ1) is 19.2. The lowest BCUT2D eigenvalue weighted by Crippen LogP contribution is -2.18. The molecule has 3 aromatic heterocycles.